The second-order valence-electron chi connectivity index (χ2n) is 7.42. The summed E-state index contributed by atoms with van der Waals surface area (Å²) in [5.74, 6) is 0.463. The Morgan fingerprint density at radius 3 is 2.61 bits per heavy atom. The van der Waals surface area contributed by atoms with Gasteiger partial charge in [-0.3, -0.25) is 0 Å². The highest BCUT2D eigenvalue weighted by atomic mass is 35.5. The van der Waals surface area contributed by atoms with E-state index in [9.17, 15) is 10.4 Å². The molecule has 5 rings (SSSR count). The Labute approximate surface area is 199 Å². The van der Waals surface area contributed by atoms with Crippen LogP contribution < -0.4 is 0 Å². The molecule has 0 radical (unpaired) electrons. The predicted octanol–water partition coefficient (Wildman–Crippen LogP) is 6.20. The number of para-hydroxylation sites is 2. The quantitative estimate of drug-likeness (QED) is 0.175. The van der Waals surface area contributed by atoms with Crippen LogP contribution in [0.15, 0.2) is 83.7 Å². The molecule has 2 N–H and O–H groups in total. The summed E-state index contributed by atoms with van der Waals surface area (Å²) in [5.41, 5.74) is 4.53. The molecule has 0 fully saturated rings. The van der Waals surface area contributed by atoms with Crippen LogP contribution in [0.4, 0.5) is 0 Å². The topological polar surface area (TPSA) is 90.5 Å². The number of benzene rings is 3. The Balaban J connectivity index is 1.48. The van der Waals surface area contributed by atoms with Crippen LogP contribution in [-0.4, -0.2) is 30.4 Å². The number of thioether (sulfide) groups is 1. The van der Waals surface area contributed by atoms with Crippen LogP contribution in [0, 0.1) is 11.3 Å². The summed E-state index contributed by atoms with van der Waals surface area (Å²) in [6.07, 6.45) is 0. The smallest absolute Gasteiger partial charge is 0.169 e. The molecular formula is C25H18ClN5OS. The van der Waals surface area contributed by atoms with Crippen LogP contribution in [0.25, 0.3) is 27.6 Å². The molecule has 3 aromatic carbocycles. The summed E-state index contributed by atoms with van der Waals surface area (Å²) in [6, 6.07) is 25.3. The van der Waals surface area contributed by atoms with Gasteiger partial charge in [0.25, 0.3) is 0 Å². The number of hydrogen-bond acceptors (Lipinski definition) is 5. The summed E-state index contributed by atoms with van der Waals surface area (Å²) in [7, 11) is 0. The number of nitrogens with zero attached hydrogens (tertiary/aromatic N) is 4. The van der Waals surface area contributed by atoms with Crippen molar-refractivity contribution >= 4 is 51.0 Å². The van der Waals surface area contributed by atoms with Gasteiger partial charge in [0.1, 0.15) is 17.4 Å². The highest BCUT2D eigenvalue weighted by Crippen LogP contribution is 2.29. The number of aliphatic hydroxyl groups is 1. The molecule has 0 atom stereocenters. The van der Waals surface area contributed by atoms with Crippen LogP contribution in [0.5, 0.6) is 0 Å². The molecule has 0 aliphatic carbocycles. The normalized spacial score (nSPS) is 12.1. The monoisotopic (exact) mass is 471 g/mol. The molecule has 6 nitrogen and oxygen atoms in total. The minimum atomic E-state index is -0.0575. The van der Waals surface area contributed by atoms with E-state index in [2.05, 4.69) is 32.7 Å². The maximum absolute atomic E-state index is 10.8. The zero-order valence-electron chi connectivity index (χ0n) is 17.4. The molecule has 162 valence electrons. The second-order valence-corrected chi connectivity index (χ2v) is 8.80. The van der Waals surface area contributed by atoms with Gasteiger partial charge in [0.05, 0.1) is 34.4 Å². The number of aromatic amines is 1. The largest absolute Gasteiger partial charge is 0.510 e. The van der Waals surface area contributed by atoms with Crippen molar-refractivity contribution in [1.29, 1.82) is 5.26 Å². The summed E-state index contributed by atoms with van der Waals surface area (Å²) in [4.78, 5) is 12.3. The molecule has 2 aromatic heterocycles. The molecule has 33 heavy (non-hydrogen) atoms. The second kappa shape index (κ2) is 9.02. The number of rotatable bonds is 6. The highest BCUT2D eigenvalue weighted by Gasteiger charge is 2.17. The number of nitrogens with one attached hydrogen (secondary N) is 1. The number of aliphatic hydroxyl groups excluding tert-OH is 1. The third kappa shape index (κ3) is 4.31. The lowest BCUT2D eigenvalue weighted by molar-refractivity contribution is 0.420. The van der Waals surface area contributed by atoms with Crippen molar-refractivity contribution in [3.8, 4) is 6.07 Å². The van der Waals surface area contributed by atoms with Gasteiger partial charge in [-0.1, -0.05) is 65.8 Å². The van der Waals surface area contributed by atoms with Crippen LogP contribution in [-0.2, 0) is 6.54 Å². The lowest BCUT2D eigenvalue weighted by Crippen LogP contribution is -2.03. The van der Waals surface area contributed by atoms with E-state index in [4.69, 9.17) is 16.6 Å². The first-order valence-corrected chi connectivity index (χ1v) is 11.6. The number of nitriles is 1. The van der Waals surface area contributed by atoms with E-state index in [1.54, 1.807) is 0 Å². The molecule has 0 aliphatic rings. The fraction of sp³-hybridized carbons (Fsp3) is 0.0800. The average molecular weight is 472 g/mol. The molecule has 8 heteroatoms. The van der Waals surface area contributed by atoms with Gasteiger partial charge in [-0.15, -0.1) is 0 Å². The summed E-state index contributed by atoms with van der Waals surface area (Å²) < 4.78 is 2.09. The van der Waals surface area contributed by atoms with Crippen molar-refractivity contribution in [2.24, 2.45) is 0 Å². The van der Waals surface area contributed by atoms with Gasteiger partial charge in [-0.2, -0.15) is 5.26 Å². The Bertz CT molecular complexity index is 1500. The number of hydrogen-bond donors (Lipinski definition) is 2. The maximum atomic E-state index is 10.8. The molecule has 0 saturated heterocycles. The SMILES string of the molecule is N#CC(=C(O)CSc1nc2cc(Cl)ccc2n1Cc1ccccc1)c1nc2ccccc2[nH]1. The Kier molecular flexibility index (Phi) is 5.78. The number of H-pyrrole nitrogens is 1. The van der Waals surface area contributed by atoms with E-state index >= 15 is 0 Å². The zero-order chi connectivity index (χ0) is 22.8. The number of aromatic nitrogens is 4. The number of fused-ring (bicyclic) bond motifs is 2. The van der Waals surface area contributed by atoms with Crippen LogP contribution in [0.1, 0.15) is 11.4 Å². The van der Waals surface area contributed by atoms with Crippen LogP contribution >= 0.6 is 23.4 Å². The van der Waals surface area contributed by atoms with Crippen molar-refractivity contribution < 1.29 is 5.11 Å². The summed E-state index contributed by atoms with van der Waals surface area (Å²) >= 11 is 7.54. The maximum Gasteiger partial charge on any atom is 0.169 e. The van der Waals surface area contributed by atoms with Gasteiger partial charge in [0, 0.05) is 5.02 Å². The zero-order valence-corrected chi connectivity index (χ0v) is 18.9. The molecule has 0 unspecified atom stereocenters. The third-order valence-corrected chi connectivity index (χ3v) is 6.45. The van der Waals surface area contributed by atoms with Crippen molar-refractivity contribution in [2.45, 2.75) is 11.7 Å². The molecule has 0 saturated carbocycles. The standard InChI is InChI=1S/C25H18ClN5OS/c26-17-10-11-22-21(12-17)30-25(31(22)14-16-6-2-1-3-7-16)33-15-23(32)18(13-27)24-28-19-8-4-5-9-20(19)29-24/h1-12,32H,14-15H2,(H,28,29). The first kappa shape index (κ1) is 21.1. The van der Waals surface area contributed by atoms with E-state index in [-0.39, 0.29) is 17.1 Å². The van der Waals surface area contributed by atoms with E-state index in [0.29, 0.717) is 17.4 Å². The minimum Gasteiger partial charge on any atom is -0.510 e. The average Bonchev–Trinajstić information content (AvgIpc) is 3.40. The lowest BCUT2D eigenvalue weighted by atomic mass is 10.2. The Morgan fingerprint density at radius 1 is 1.03 bits per heavy atom. The van der Waals surface area contributed by atoms with Gasteiger partial charge in [-0.25, -0.2) is 9.97 Å². The van der Waals surface area contributed by atoms with E-state index in [1.807, 2.05) is 60.7 Å². The van der Waals surface area contributed by atoms with Crippen molar-refractivity contribution in [3.05, 3.63) is 95.0 Å². The van der Waals surface area contributed by atoms with E-state index in [0.717, 1.165) is 32.8 Å². The Morgan fingerprint density at radius 2 is 1.82 bits per heavy atom. The first-order chi connectivity index (χ1) is 16.1. The third-order valence-electron chi connectivity index (χ3n) is 5.22. The molecule has 0 bridgehead atoms. The summed E-state index contributed by atoms with van der Waals surface area (Å²) in [6.45, 7) is 0.625. The summed E-state index contributed by atoms with van der Waals surface area (Å²) in [5, 5.41) is 21.8. The molecule has 0 spiro atoms. The van der Waals surface area contributed by atoms with Crippen LogP contribution in [0.2, 0.25) is 5.02 Å². The Hall–Kier alpha value is -3.73. The van der Waals surface area contributed by atoms with E-state index < -0.39 is 0 Å². The molecule has 5 aromatic rings. The molecule has 0 amide bonds. The predicted molar refractivity (Wildman–Crippen MR) is 132 cm³/mol. The lowest BCUT2D eigenvalue weighted by Gasteiger charge is -2.09. The van der Waals surface area contributed by atoms with Gasteiger partial charge in [-0.05, 0) is 35.9 Å². The molecular weight excluding hydrogens is 454 g/mol. The minimum absolute atomic E-state index is 0.0575. The number of imidazole rings is 2. The van der Waals surface area contributed by atoms with Gasteiger partial charge in [0.15, 0.2) is 11.0 Å². The number of allylic oxidation sites excluding steroid dienone is 1. The molecule has 2 heterocycles. The van der Waals surface area contributed by atoms with Gasteiger partial charge < -0.3 is 14.7 Å². The molecule has 0 aliphatic heterocycles. The van der Waals surface area contributed by atoms with E-state index in [1.165, 1.54) is 11.8 Å². The first-order valence-electron chi connectivity index (χ1n) is 10.2. The van der Waals surface area contributed by atoms with Crippen molar-refractivity contribution in [1.82, 2.24) is 19.5 Å². The van der Waals surface area contributed by atoms with Crippen LogP contribution in [0.3, 0.4) is 0 Å². The van der Waals surface area contributed by atoms with Crippen molar-refractivity contribution in [2.75, 3.05) is 5.75 Å². The fourth-order valence-electron chi connectivity index (χ4n) is 3.64. The highest BCUT2D eigenvalue weighted by molar-refractivity contribution is 7.99. The fourth-order valence-corrected chi connectivity index (χ4v) is 4.70. The van der Waals surface area contributed by atoms with Gasteiger partial charge >= 0.3 is 0 Å². The van der Waals surface area contributed by atoms with Gasteiger partial charge in [0.2, 0.25) is 0 Å². The van der Waals surface area contributed by atoms with Crippen molar-refractivity contribution in [3.63, 3.8) is 0 Å². The number of halogens is 1.